The highest BCUT2D eigenvalue weighted by Crippen LogP contribution is 2.25. The average Bonchev–Trinajstić information content (AvgIpc) is 2.28. The van der Waals surface area contributed by atoms with Crippen molar-refractivity contribution in [1.82, 2.24) is 4.98 Å². The van der Waals surface area contributed by atoms with Gasteiger partial charge in [0.2, 0.25) is 0 Å². The zero-order valence-electron chi connectivity index (χ0n) is 9.19. The molecule has 1 heterocycles. The lowest BCUT2D eigenvalue weighted by Crippen LogP contribution is -2.25. The van der Waals surface area contributed by atoms with Gasteiger partial charge in [-0.3, -0.25) is 0 Å². The van der Waals surface area contributed by atoms with Crippen molar-refractivity contribution in [3.05, 3.63) is 22.8 Å². The maximum absolute atomic E-state index is 9.58. The molecule has 1 aliphatic carbocycles. The van der Waals surface area contributed by atoms with Crippen molar-refractivity contribution in [2.45, 2.75) is 31.8 Å². The molecule has 1 aromatic heterocycles. The van der Waals surface area contributed by atoms with Crippen LogP contribution in [0.3, 0.4) is 0 Å². The van der Waals surface area contributed by atoms with Gasteiger partial charge in [-0.25, -0.2) is 4.98 Å². The quantitative estimate of drug-likeness (QED) is 0.897. The van der Waals surface area contributed by atoms with Gasteiger partial charge in [0.05, 0.1) is 10.6 Å². The number of hydrogen-bond donors (Lipinski definition) is 2. The molecule has 4 heteroatoms. The molecule has 1 fully saturated rings. The van der Waals surface area contributed by atoms with E-state index in [0.717, 1.165) is 36.1 Å². The molecular formula is C12H17BrN2O. The van der Waals surface area contributed by atoms with Gasteiger partial charge in [0.25, 0.3) is 0 Å². The molecule has 0 bridgehead atoms. The minimum absolute atomic E-state index is 0.104. The van der Waals surface area contributed by atoms with Gasteiger partial charge in [-0.05, 0) is 53.2 Å². The number of aliphatic hydroxyl groups excluding tert-OH is 1. The van der Waals surface area contributed by atoms with Gasteiger partial charge in [0, 0.05) is 12.7 Å². The topological polar surface area (TPSA) is 45.1 Å². The minimum atomic E-state index is -0.104. The van der Waals surface area contributed by atoms with Crippen LogP contribution in [0.2, 0.25) is 0 Å². The van der Waals surface area contributed by atoms with Gasteiger partial charge in [0.15, 0.2) is 0 Å². The number of aliphatic hydroxyl groups is 1. The second-order valence-corrected chi connectivity index (χ2v) is 5.26. The highest BCUT2D eigenvalue weighted by molar-refractivity contribution is 9.10. The smallest absolute Gasteiger partial charge is 0.140 e. The third-order valence-electron chi connectivity index (χ3n) is 3.07. The fourth-order valence-electron chi connectivity index (χ4n) is 2.20. The van der Waals surface area contributed by atoms with Gasteiger partial charge < -0.3 is 10.4 Å². The number of nitrogens with one attached hydrogen (secondary N) is 1. The molecule has 2 N–H and O–H groups in total. The zero-order chi connectivity index (χ0) is 11.4. The Bertz CT molecular complexity index is 346. The van der Waals surface area contributed by atoms with Gasteiger partial charge >= 0.3 is 0 Å². The Balaban J connectivity index is 1.85. The van der Waals surface area contributed by atoms with Gasteiger partial charge in [-0.1, -0.05) is 6.42 Å². The summed E-state index contributed by atoms with van der Waals surface area (Å²) in [6.45, 7) is 0.896. The number of rotatable bonds is 3. The minimum Gasteiger partial charge on any atom is -0.393 e. The van der Waals surface area contributed by atoms with Gasteiger partial charge in [0.1, 0.15) is 5.82 Å². The number of hydrogen-bond acceptors (Lipinski definition) is 3. The molecule has 0 radical (unpaired) electrons. The summed E-state index contributed by atoms with van der Waals surface area (Å²) in [5, 5.41) is 12.9. The molecular weight excluding hydrogens is 268 g/mol. The first kappa shape index (κ1) is 11.9. The molecule has 16 heavy (non-hydrogen) atoms. The maximum Gasteiger partial charge on any atom is 0.140 e. The van der Waals surface area contributed by atoms with Crippen LogP contribution < -0.4 is 5.32 Å². The maximum atomic E-state index is 9.58. The standard InChI is InChI=1S/C12H17BrN2O/c13-11-5-2-6-14-12(11)15-8-9-3-1-4-10(16)7-9/h2,5-6,9-10,16H,1,3-4,7-8H2,(H,14,15). The second kappa shape index (κ2) is 5.64. The van der Waals surface area contributed by atoms with Crippen LogP contribution in [-0.4, -0.2) is 22.7 Å². The molecule has 1 saturated carbocycles. The van der Waals surface area contributed by atoms with Crippen LogP contribution >= 0.6 is 15.9 Å². The molecule has 0 aromatic carbocycles. The molecule has 2 atom stereocenters. The molecule has 0 saturated heterocycles. The number of halogens is 1. The molecule has 0 spiro atoms. The van der Waals surface area contributed by atoms with Crippen LogP contribution in [0.1, 0.15) is 25.7 Å². The Morgan fingerprint density at radius 1 is 1.50 bits per heavy atom. The van der Waals surface area contributed by atoms with E-state index in [4.69, 9.17) is 0 Å². The van der Waals surface area contributed by atoms with Crippen molar-refractivity contribution in [2.75, 3.05) is 11.9 Å². The van der Waals surface area contributed by atoms with E-state index in [0.29, 0.717) is 5.92 Å². The molecule has 88 valence electrons. The van der Waals surface area contributed by atoms with E-state index in [1.54, 1.807) is 6.20 Å². The molecule has 1 aliphatic rings. The summed E-state index contributed by atoms with van der Waals surface area (Å²) in [6.07, 6.45) is 5.89. The van der Waals surface area contributed by atoms with E-state index < -0.39 is 0 Å². The number of anilines is 1. The Morgan fingerprint density at radius 3 is 3.12 bits per heavy atom. The van der Waals surface area contributed by atoms with E-state index in [1.807, 2.05) is 12.1 Å². The van der Waals surface area contributed by atoms with Gasteiger partial charge in [-0.15, -0.1) is 0 Å². The Kier molecular flexibility index (Phi) is 4.18. The monoisotopic (exact) mass is 284 g/mol. The van der Waals surface area contributed by atoms with E-state index >= 15 is 0 Å². The molecule has 3 nitrogen and oxygen atoms in total. The summed E-state index contributed by atoms with van der Waals surface area (Å²) < 4.78 is 0.992. The number of aromatic nitrogens is 1. The predicted octanol–water partition coefficient (Wildman–Crippen LogP) is 2.81. The summed E-state index contributed by atoms with van der Waals surface area (Å²) in [5.41, 5.74) is 0. The van der Waals surface area contributed by atoms with Crippen LogP contribution in [0, 0.1) is 5.92 Å². The largest absolute Gasteiger partial charge is 0.393 e. The predicted molar refractivity (Wildman–Crippen MR) is 68.4 cm³/mol. The van der Waals surface area contributed by atoms with Crippen LogP contribution in [0.25, 0.3) is 0 Å². The number of nitrogens with zero attached hydrogens (tertiary/aromatic N) is 1. The van der Waals surface area contributed by atoms with Crippen LogP contribution in [0.4, 0.5) is 5.82 Å². The fourth-order valence-corrected chi connectivity index (χ4v) is 2.60. The van der Waals surface area contributed by atoms with Crippen LogP contribution in [0.5, 0.6) is 0 Å². The lowest BCUT2D eigenvalue weighted by molar-refractivity contribution is 0.104. The summed E-state index contributed by atoms with van der Waals surface area (Å²) in [4.78, 5) is 4.26. The van der Waals surface area contributed by atoms with E-state index in [9.17, 15) is 5.11 Å². The van der Waals surface area contributed by atoms with E-state index in [2.05, 4.69) is 26.2 Å². The Labute approximate surface area is 104 Å². The zero-order valence-corrected chi connectivity index (χ0v) is 10.8. The second-order valence-electron chi connectivity index (χ2n) is 4.40. The third-order valence-corrected chi connectivity index (χ3v) is 3.71. The SMILES string of the molecule is OC1CCCC(CNc2ncccc2Br)C1. The highest BCUT2D eigenvalue weighted by atomic mass is 79.9. The lowest BCUT2D eigenvalue weighted by Gasteiger charge is -2.26. The highest BCUT2D eigenvalue weighted by Gasteiger charge is 2.19. The third kappa shape index (κ3) is 3.19. The van der Waals surface area contributed by atoms with Crippen molar-refractivity contribution in [2.24, 2.45) is 5.92 Å². The van der Waals surface area contributed by atoms with Crippen molar-refractivity contribution >= 4 is 21.7 Å². The molecule has 2 unspecified atom stereocenters. The molecule has 1 aromatic rings. The first-order valence-electron chi connectivity index (χ1n) is 5.78. The van der Waals surface area contributed by atoms with E-state index in [1.165, 1.54) is 6.42 Å². The van der Waals surface area contributed by atoms with Crippen molar-refractivity contribution < 1.29 is 5.11 Å². The normalized spacial score (nSPS) is 25.4. The fraction of sp³-hybridized carbons (Fsp3) is 0.583. The Hall–Kier alpha value is -0.610. The van der Waals surface area contributed by atoms with Crippen molar-refractivity contribution in [3.63, 3.8) is 0 Å². The molecule has 0 aliphatic heterocycles. The van der Waals surface area contributed by atoms with Crippen LogP contribution in [-0.2, 0) is 0 Å². The van der Waals surface area contributed by atoms with Gasteiger partial charge in [-0.2, -0.15) is 0 Å². The molecule has 0 amide bonds. The summed E-state index contributed by atoms with van der Waals surface area (Å²) >= 11 is 3.46. The summed E-state index contributed by atoms with van der Waals surface area (Å²) in [7, 11) is 0. The number of pyridine rings is 1. The Morgan fingerprint density at radius 2 is 2.38 bits per heavy atom. The first-order chi connectivity index (χ1) is 7.75. The molecule has 2 rings (SSSR count). The van der Waals surface area contributed by atoms with Crippen molar-refractivity contribution in [3.8, 4) is 0 Å². The summed E-state index contributed by atoms with van der Waals surface area (Å²) in [6, 6.07) is 3.88. The van der Waals surface area contributed by atoms with Crippen LogP contribution in [0.15, 0.2) is 22.8 Å². The first-order valence-corrected chi connectivity index (χ1v) is 6.57. The van der Waals surface area contributed by atoms with Crippen molar-refractivity contribution in [1.29, 1.82) is 0 Å². The average molecular weight is 285 g/mol. The summed E-state index contributed by atoms with van der Waals surface area (Å²) in [5.74, 6) is 1.46. The van der Waals surface area contributed by atoms with E-state index in [-0.39, 0.29) is 6.10 Å². The lowest BCUT2D eigenvalue weighted by atomic mass is 9.87.